The molecule has 118 valence electrons. The van der Waals surface area contributed by atoms with E-state index in [-0.39, 0.29) is 0 Å². The second-order valence-electron chi connectivity index (χ2n) is 4.94. The highest BCUT2D eigenvalue weighted by Gasteiger charge is 2.15. The second-order valence-corrected chi connectivity index (χ2v) is 5.35. The highest BCUT2D eigenvalue weighted by atomic mass is 35.5. The first-order valence-corrected chi connectivity index (χ1v) is 7.32. The molecule has 6 heteroatoms. The van der Waals surface area contributed by atoms with Crippen molar-refractivity contribution in [1.29, 1.82) is 0 Å². The molecule has 0 radical (unpaired) electrons. The van der Waals surface area contributed by atoms with Crippen LogP contribution in [0.5, 0.6) is 0 Å². The normalized spacial score (nSPS) is 10.6. The van der Waals surface area contributed by atoms with Gasteiger partial charge in [-0.05, 0) is 31.0 Å². The Morgan fingerprint density at radius 2 is 1.65 bits per heavy atom. The van der Waals surface area contributed by atoms with Crippen LogP contribution in [0, 0.1) is 13.8 Å². The molecule has 23 heavy (non-hydrogen) atoms. The largest absolute Gasteiger partial charge is 0.329 e. The average Bonchev–Trinajstić information content (AvgIpc) is 2.52. The summed E-state index contributed by atoms with van der Waals surface area (Å²) in [5.74, 6) is -1.63. The summed E-state index contributed by atoms with van der Waals surface area (Å²) in [5.41, 5.74) is 5.21. The highest BCUT2D eigenvalue weighted by molar-refractivity contribution is 6.39. The molecule has 0 aliphatic heterocycles. The monoisotopic (exact) mass is 329 g/mol. The molecule has 2 aromatic carbocycles. The zero-order valence-electron chi connectivity index (χ0n) is 12.8. The van der Waals surface area contributed by atoms with Gasteiger partial charge in [-0.3, -0.25) is 9.59 Å². The topological polar surface area (TPSA) is 70.6 Å². The van der Waals surface area contributed by atoms with Crippen LogP contribution in [0.15, 0.2) is 47.6 Å². The summed E-state index contributed by atoms with van der Waals surface area (Å²) in [5, 5.41) is 6.83. The Morgan fingerprint density at radius 1 is 1.00 bits per heavy atom. The van der Waals surface area contributed by atoms with E-state index in [0.29, 0.717) is 16.3 Å². The molecule has 0 fully saturated rings. The maximum Gasteiger partial charge on any atom is 0.329 e. The van der Waals surface area contributed by atoms with Crippen LogP contribution in [0.3, 0.4) is 0 Å². The predicted molar refractivity (Wildman–Crippen MR) is 91.7 cm³/mol. The summed E-state index contributed by atoms with van der Waals surface area (Å²) in [6, 6.07) is 12.6. The summed E-state index contributed by atoms with van der Waals surface area (Å²) in [6.07, 6.45) is 1.38. The zero-order valence-corrected chi connectivity index (χ0v) is 13.5. The average molecular weight is 330 g/mol. The van der Waals surface area contributed by atoms with Gasteiger partial charge < -0.3 is 5.32 Å². The molecule has 2 amide bonds. The minimum atomic E-state index is -0.851. The van der Waals surface area contributed by atoms with Gasteiger partial charge >= 0.3 is 11.8 Å². The van der Waals surface area contributed by atoms with Gasteiger partial charge in [-0.2, -0.15) is 5.10 Å². The first-order chi connectivity index (χ1) is 11.0. The van der Waals surface area contributed by atoms with Gasteiger partial charge in [0.05, 0.1) is 6.21 Å². The number of hydrazone groups is 1. The van der Waals surface area contributed by atoms with Gasteiger partial charge in [0.1, 0.15) is 0 Å². The second kappa shape index (κ2) is 7.56. The van der Waals surface area contributed by atoms with Crippen LogP contribution in [-0.4, -0.2) is 18.0 Å². The van der Waals surface area contributed by atoms with Crippen LogP contribution < -0.4 is 10.7 Å². The molecule has 0 heterocycles. The van der Waals surface area contributed by atoms with Crippen molar-refractivity contribution in [1.82, 2.24) is 5.43 Å². The lowest BCUT2D eigenvalue weighted by Gasteiger charge is -2.10. The van der Waals surface area contributed by atoms with E-state index in [1.807, 2.05) is 32.0 Å². The van der Waals surface area contributed by atoms with Gasteiger partial charge in [0.2, 0.25) is 0 Å². The third-order valence-corrected chi connectivity index (χ3v) is 3.55. The number of hydrogen-bond donors (Lipinski definition) is 2. The standard InChI is InChI=1S/C17H16ClN3O2/c1-11-6-5-7-12(2)15(11)20-16(22)17(23)21-19-10-13-8-3-4-9-14(13)18/h3-10H,1-2H3,(H,20,22)(H,21,23)/b19-10-. The Kier molecular flexibility index (Phi) is 5.49. The number of hydrogen-bond acceptors (Lipinski definition) is 3. The van der Waals surface area contributed by atoms with Gasteiger partial charge in [0, 0.05) is 16.3 Å². The number of halogens is 1. The Hall–Kier alpha value is -2.66. The van der Waals surface area contributed by atoms with Crippen LogP contribution in [-0.2, 0) is 9.59 Å². The van der Waals surface area contributed by atoms with E-state index in [4.69, 9.17) is 11.6 Å². The summed E-state index contributed by atoms with van der Waals surface area (Å²) < 4.78 is 0. The third kappa shape index (κ3) is 4.40. The lowest BCUT2D eigenvalue weighted by Crippen LogP contribution is -2.32. The van der Waals surface area contributed by atoms with Crippen LogP contribution in [0.2, 0.25) is 5.02 Å². The molecule has 0 aliphatic rings. The fourth-order valence-electron chi connectivity index (χ4n) is 1.97. The molecular weight excluding hydrogens is 314 g/mol. The van der Waals surface area contributed by atoms with E-state index in [1.165, 1.54) is 6.21 Å². The van der Waals surface area contributed by atoms with Crippen LogP contribution in [0.1, 0.15) is 16.7 Å². The van der Waals surface area contributed by atoms with Crippen molar-refractivity contribution in [2.24, 2.45) is 5.10 Å². The number of aryl methyl sites for hydroxylation is 2. The molecule has 0 saturated carbocycles. The lowest BCUT2D eigenvalue weighted by atomic mass is 10.1. The Balaban J connectivity index is 1.98. The number of carbonyl (C=O) groups is 2. The SMILES string of the molecule is Cc1cccc(C)c1NC(=O)C(=O)N/N=C\c1ccccc1Cl. The smallest absolute Gasteiger partial charge is 0.317 e. The number of carbonyl (C=O) groups excluding carboxylic acids is 2. The molecule has 2 rings (SSSR count). The number of nitrogens with one attached hydrogen (secondary N) is 2. The van der Waals surface area contributed by atoms with Crippen LogP contribution in [0.4, 0.5) is 5.69 Å². The number of para-hydroxylation sites is 1. The molecule has 0 atom stereocenters. The molecular formula is C17H16ClN3O2. The molecule has 0 aliphatic carbocycles. The molecule has 0 unspecified atom stereocenters. The summed E-state index contributed by atoms with van der Waals surface area (Å²) in [7, 11) is 0. The molecule has 2 N–H and O–H groups in total. The number of nitrogens with zero attached hydrogens (tertiary/aromatic N) is 1. The van der Waals surface area contributed by atoms with E-state index < -0.39 is 11.8 Å². The Morgan fingerprint density at radius 3 is 2.30 bits per heavy atom. The quantitative estimate of drug-likeness (QED) is 0.516. The summed E-state index contributed by atoms with van der Waals surface area (Å²) in [6.45, 7) is 3.71. The van der Waals surface area contributed by atoms with Crippen molar-refractivity contribution < 1.29 is 9.59 Å². The van der Waals surface area contributed by atoms with E-state index in [0.717, 1.165) is 11.1 Å². The minimum Gasteiger partial charge on any atom is -0.317 e. The molecule has 5 nitrogen and oxygen atoms in total. The van der Waals surface area contributed by atoms with Crippen molar-refractivity contribution in [3.05, 3.63) is 64.2 Å². The maximum atomic E-state index is 11.9. The Bertz CT molecular complexity index is 752. The predicted octanol–water partition coefficient (Wildman–Crippen LogP) is 3.05. The number of rotatable bonds is 3. The molecule has 2 aromatic rings. The van der Waals surface area contributed by atoms with Crippen LogP contribution in [0.25, 0.3) is 0 Å². The minimum absolute atomic E-state index is 0.505. The fraction of sp³-hybridized carbons (Fsp3) is 0.118. The van der Waals surface area contributed by atoms with Crippen molar-refractivity contribution in [3.63, 3.8) is 0 Å². The van der Waals surface area contributed by atoms with Gasteiger partial charge in [-0.15, -0.1) is 0 Å². The lowest BCUT2D eigenvalue weighted by molar-refractivity contribution is -0.136. The molecule has 0 bridgehead atoms. The van der Waals surface area contributed by atoms with E-state index in [1.54, 1.807) is 24.3 Å². The first kappa shape index (κ1) is 16.7. The van der Waals surface area contributed by atoms with E-state index >= 15 is 0 Å². The highest BCUT2D eigenvalue weighted by Crippen LogP contribution is 2.19. The number of anilines is 1. The summed E-state index contributed by atoms with van der Waals surface area (Å²) >= 11 is 5.96. The van der Waals surface area contributed by atoms with Gasteiger partial charge in [0.25, 0.3) is 0 Å². The van der Waals surface area contributed by atoms with Crippen molar-refractivity contribution in [3.8, 4) is 0 Å². The third-order valence-electron chi connectivity index (χ3n) is 3.20. The molecule has 0 saturated heterocycles. The maximum absolute atomic E-state index is 11.9. The van der Waals surface area contributed by atoms with Gasteiger partial charge in [0.15, 0.2) is 0 Å². The van der Waals surface area contributed by atoms with Crippen molar-refractivity contribution in [2.75, 3.05) is 5.32 Å². The summed E-state index contributed by atoms with van der Waals surface area (Å²) in [4.78, 5) is 23.7. The van der Waals surface area contributed by atoms with Gasteiger partial charge in [-0.25, -0.2) is 5.43 Å². The fourth-order valence-corrected chi connectivity index (χ4v) is 2.16. The first-order valence-electron chi connectivity index (χ1n) is 6.94. The van der Waals surface area contributed by atoms with Crippen molar-refractivity contribution in [2.45, 2.75) is 13.8 Å². The number of benzene rings is 2. The molecule has 0 aromatic heterocycles. The Labute approximate surface area is 139 Å². The van der Waals surface area contributed by atoms with E-state index in [9.17, 15) is 9.59 Å². The van der Waals surface area contributed by atoms with E-state index in [2.05, 4.69) is 15.8 Å². The van der Waals surface area contributed by atoms with Crippen molar-refractivity contribution >= 4 is 35.3 Å². The molecule has 0 spiro atoms. The number of amides is 2. The zero-order chi connectivity index (χ0) is 16.8. The van der Waals surface area contributed by atoms with Gasteiger partial charge in [-0.1, -0.05) is 48.0 Å². The van der Waals surface area contributed by atoms with Crippen LogP contribution >= 0.6 is 11.6 Å².